The SMILES string of the molecule is NC(=O)C1CCNc2c(I)cc([N+](=O)[O-])cc2C(=O)N[C@@H](CCCN=C(N)N)C(=O)NCC(=O)N1. The molecule has 190 valence electrons. The van der Waals surface area contributed by atoms with Gasteiger partial charge in [0.25, 0.3) is 11.6 Å². The van der Waals surface area contributed by atoms with Gasteiger partial charge in [0.15, 0.2) is 5.96 Å². The Labute approximate surface area is 213 Å². The van der Waals surface area contributed by atoms with E-state index in [0.29, 0.717) is 9.99 Å². The lowest BCUT2D eigenvalue weighted by Gasteiger charge is -2.22. The molecule has 2 rings (SSSR count). The number of hydrogen-bond donors (Lipinski definition) is 7. The van der Waals surface area contributed by atoms with Crippen molar-refractivity contribution in [3.8, 4) is 0 Å². The van der Waals surface area contributed by atoms with Gasteiger partial charge in [-0.2, -0.15) is 0 Å². The number of halogens is 1. The van der Waals surface area contributed by atoms with Crippen molar-refractivity contribution < 1.29 is 24.1 Å². The third-order valence-electron chi connectivity index (χ3n) is 4.93. The summed E-state index contributed by atoms with van der Waals surface area (Å²) in [6.07, 6.45) is 0.481. The fraction of sp³-hybridized carbons (Fsp3) is 0.421. The van der Waals surface area contributed by atoms with E-state index in [1.54, 1.807) is 0 Å². The van der Waals surface area contributed by atoms with Gasteiger partial charge in [0.05, 0.1) is 22.7 Å². The van der Waals surface area contributed by atoms with Gasteiger partial charge in [-0.1, -0.05) is 0 Å². The van der Waals surface area contributed by atoms with Crippen molar-refractivity contribution in [2.24, 2.45) is 22.2 Å². The molecule has 1 heterocycles. The Kier molecular flexibility index (Phi) is 9.98. The number of nitrogens with zero attached hydrogens (tertiary/aromatic N) is 2. The first-order chi connectivity index (χ1) is 16.5. The van der Waals surface area contributed by atoms with E-state index >= 15 is 0 Å². The summed E-state index contributed by atoms with van der Waals surface area (Å²) in [7, 11) is 0. The van der Waals surface area contributed by atoms with Crippen molar-refractivity contribution in [3.05, 3.63) is 31.4 Å². The van der Waals surface area contributed by atoms with Gasteiger partial charge in [0, 0.05) is 28.8 Å². The summed E-state index contributed by atoms with van der Waals surface area (Å²) in [5, 5.41) is 21.8. The molecular weight excluding hydrogens is 577 g/mol. The largest absolute Gasteiger partial charge is 0.383 e. The van der Waals surface area contributed by atoms with Gasteiger partial charge in [-0.3, -0.25) is 34.3 Å². The predicted octanol–water partition coefficient (Wildman–Crippen LogP) is -1.75. The minimum Gasteiger partial charge on any atom is -0.383 e. The molecule has 15 nitrogen and oxygen atoms in total. The summed E-state index contributed by atoms with van der Waals surface area (Å²) in [6.45, 7) is -0.170. The van der Waals surface area contributed by atoms with Gasteiger partial charge in [0.1, 0.15) is 12.1 Å². The lowest BCUT2D eigenvalue weighted by molar-refractivity contribution is -0.384. The van der Waals surface area contributed by atoms with Crippen LogP contribution in [0.15, 0.2) is 17.1 Å². The van der Waals surface area contributed by atoms with E-state index in [1.165, 1.54) is 6.07 Å². The lowest BCUT2D eigenvalue weighted by atomic mass is 10.1. The van der Waals surface area contributed by atoms with Crippen molar-refractivity contribution in [2.45, 2.75) is 31.3 Å². The number of carbonyl (C=O) groups is 4. The average Bonchev–Trinajstić information content (AvgIpc) is 2.78. The molecule has 10 N–H and O–H groups in total. The Balaban J connectivity index is 2.43. The summed E-state index contributed by atoms with van der Waals surface area (Å²) in [6, 6.07) is 0.213. The van der Waals surface area contributed by atoms with E-state index < -0.39 is 47.2 Å². The van der Waals surface area contributed by atoms with Gasteiger partial charge in [-0.05, 0) is 41.9 Å². The quantitative estimate of drug-likeness (QED) is 0.0486. The minimum absolute atomic E-state index is 0.0660. The fourth-order valence-electron chi connectivity index (χ4n) is 3.23. The van der Waals surface area contributed by atoms with E-state index in [-0.39, 0.29) is 48.8 Å². The van der Waals surface area contributed by atoms with E-state index in [9.17, 15) is 29.3 Å². The number of non-ortho nitro benzene ring substituents is 1. The average molecular weight is 603 g/mol. The molecule has 0 aliphatic carbocycles. The van der Waals surface area contributed by atoms with Crippen molar-refractivity contribution in [1.82, 2.24) is 16.0 Å². The van der Waals surface area contributed by atoms with Crippen LogP contribution in [-0.4, -0.2) is 66.2 Å². The number of nitro benzene ring substituents is 1. The first-order valence-corrected chi connectivity index (χ1v) is 11.5. The second-order valence-corrected chi connectivity index (χ2v) is 8.70. The second-order valence-electron chi connectivity index (χ2n) is 7.54. The van der Waals surface area contributed by atoms with Gasteiger partial charge in [0.2, 0.25) is 17.7 Å². The highest BCUT2D eigenvalue weighted by Crippen LogP contribution is 2.29. The molecule has 16 heteroatoms. The number of rotatable bonds is 6. The molecule has 0 bridgehead atoms. The molecular formula is C19H26IN9O6. The summed E-state index contributed by atoms with van der Waals surface area (Å²) >= 11 is 1.83. The van der Waals surface area contributed by atoms with Crippen LogP contribution < -0.4 is 38.5 Å². The summed E-state index contributed by atoms with van der Waals surface area (Å²) < 4.78 is 0.363. The number of carbonyl (C=O) groups excluding carboxylic acids is 4. The van der Waals surface area contributed by atoms with E-state index in [0.717, 1.165) is 6.07 Å². The van der Waals surface area contributed by atoms with Crippen LogP contribution in [0.5, 0.6) is 0 Å². The van der Waals surface area contributed by atoms with Crippen LogP contribution in [0.2, 0.25) is 0 Å². The maximum absolute atomic E-state index is 13.2. The number of nitro groups is 1. The highest BCUT2D eigenvalue weighted by atomic mass is 127. The zero-order chi connectivity index (χ0) is 26.1. The first kappa shape index (κ1) is 27.5. The Morgan fingerprint density at radius 2 is 1.89 bits per heavy atom. The first-order valence-electron chi connectivity index (χ1n) is 10.4. The smallest absolute Gasteiger partial charge is 0.271 e. The number of nitrogens with one attached hydrogen (secondary N) is 4. The third-order valence-corrected chi connectivity index (χ3v) is 5.78. The standard InChI is InChI=1S/C19H26IN9O6/c20-11-7-9(29(34)35)6-10-15(11)24-5-3-12(16(21)31)27-14(30)8-26-18(33)13(28-17(10)32)2-1-4-25-19(22)23/h6-7,12-13,24H,1-5,8H2,(H2,21,31)(H,26,33)(H,27,30)(H,28,32)(H4,22,23,25)/t12?,13-/m0/s1. The van der Waals surface area contributed by atoms with Crippen molar-refractivity contribution in [1.29, 1.82) is 0 Å². The van der Waals surface area contributed by atoms with Crippen molar-refractivity contribution in [3.63, 3.8) is 0 Å². The molecule has 1 unspecified atom stereocenters. The molecule has 1 aliphatic heterocycles. The molecule has 1 aliphatic rings. The zero-order valence-corrected chi connectivity index (χ0v) is 20.7. The molecule has 2 atom stereocenters. The lowest BCUT2D eigenvalue weighted by Crippen LogP contribution is -2.52. The number of nitrogens with two attached hydrogens (primary N) is 3. The van der Waals surface area contributed by atoms with Crippen molar-refractivity contribution in [2.75, 3.05) is 25.0 Å². The molecule has 1 aromatic rings. The van der Waals surface area contributed by atoms with Crippen LogP contribution in [0.1, 0.15) is 29.6 Å². The third kappa shape index (κ3) is 8.23. The summed E-state index contributed by atoms with van der Waals surface area (Å²) in [4.78, 5) is 64.5. The maximum Gasteiger partial charge on any atom is 0.271 e. The monoisotopic (exact) mass is 603 g/mol. The van der Waals surface area contributed by atoms with Crippen molar-refractivity contribution >= 4 is 63.6 Å². The highest BCUT2D eigenvalue weighted by Gasteiger charge is 2.27. The maximum atomic E-state index is 13.2. The van der Waals surface area contributed by atoms with E-state index in [2.05, 4.69) is 26.3 Å². The normalized spacial score (nSPS) is 19.1. The van der Waals surface area contributed by atoms with Crippen LogP contribution in [-0.2, 0) is 14.4 Å². The van der Waals surface area contributed by atoms with Gasteiger partial charge >= 0.3 is 0 Å². The fourth-order valence-corrected chi connectivity index (χ4v) is 4.03. The van der Waals surface area contributed by atoms with E-state index in [1.807, 2.05) is 22.6 Å². The number of primary amides is 1. The van der Waals surface area contributed by atoms with E-state index in [4.69, 9.17) is 17.2 Å². The van der Waals surface area contributed by atoms with Crippen LogP contribution in [0.3, 0.4) is 0 Å². The molecule has 0 spiro atoms. The molecule has 0 saturated carbocycles. The Hall–Kier alpha value is -3.70. The van der Waals surface area contributed by atoms with Gasteiger partial charge in [-0.15, -0.1) is 0 Å². The number of anilines is 1. The Bertz CT molecular complexity index is 1040. The van der Waals surface area contributed by atoms with Crippen LogP contribution in [0, 0.1) is 13.7 Å². The second kappa shape index (κ2) is 12.7. The van der Waals surface area contributed by atoms with Gasteiger partial charge in [-0.25, -0.2) is 0 Å². The summed E-state index contributed by atoms with van der Waals surface area (Å²) in [5.41, 5.74) is 15.8. The number of guanidine groups is 1. The molecule has 4 amide bonds. The molecule has 1 aromatic carbocycles. The topological polar surface area (TPSA) is 250 Å². The number of amides is 4. The molecule has 0 fully saturated rings. The summed E-state index contributed by atoms with van der Waals surface area (Å²) in [5.74, 6) is -2.99. The zero-order valence-electron chi connectivity index (χ0n) is 18.5. The number of benzene rings is 1. The Morgan fingerprint density at radius 3 is 2.51 bits per heavy atom. The number of fused-ring (bicyclic) bond motifs is 1. The molecule has 35 heavy (non-hydrogen) atoms. The van der Waals surface area contributed by atoms with Crippen LogP contribution in [0.4, 0.5) is 11.4 Å². The number of hydrogen-bond acceptors (Lipinski definition) is 8. The van der Waals surface area contributed by atoms with Gasteiger partial charge < -0.3 is 38.5 Å². The Morgan fingerprint density at radius 1 is 1.17 bits per heavy atom. The highest BCUT2D eigenvalue weighted by molar-refractivity contribution is 14.1. The number of aliphatic imine (C=N–C) groups is 1. The molecule has 0 saturated heterocycles. The minimum atomic E-state index is -1.11. The van der Waals surface area contributed by atoms with Crippen LogP contribution >= 0.6 is 22.6 Å². The van der Waals surface area contributed by atoms with Crippen LogP contribution in [0.25, 0.3) is 0 Å². The molecule has 0 radical (unpaired) electrons. The predicted molar refractivity (Wildman–Crippen MR) is 134 cm³/mol. The molecule has 0 aromatic heterocycles.